The van der Waals surface area contributed by atoms with E-state index in [2.05, 4.69) is 52.6 Å². The van der Waals surface area contributed by atoms with Crippen molar-refractivity contribution >= 4 is 27.8 Å². The van der Waals surface area contributed by atoms with Crippen LogP contribution in [0, 0.1) is 5.92 Å². The van der Waals surface area contributed by atoms with Gasteiger partial charge in [0.25, 0.3) is 0 Å². The molecule has 2 heterocycles. The van der Waals surface area contributed by atoms with Crippen LogP contribution in [0.2, 0.25) is 0 Å². The fourth-order valence-electron chi connectivity index (χ4n) is 3.77. The normalized spacial score (nSPS) is 12.7. The number of carbonyl (C=O) groups excluding carboxylic acids is 1. The lowest BCUT2D eigenvalue weighted by Gasteiger charge is -2.22. The molecule has 0 aliphatic rings. The van der Waals surface area contributed by atoms with Gasteiger partial charge in [0, 0.05) is 31.7 Å². The topological polar surface area (TPSA) is 51.9 Å². The maximum atomic E-state index is 12.7. The molecule has 2 aromatic carbocycles. The van der Waals surface area contributed by atoms with Gasteiger partial charge in [-0.25, -0.2) is 4.98 Å². The standard InChI is InChI=1S/C23H26N4O/c1-16(2)22(23-24-18-9-5-7-11-20(18)26(23)3)25-21(28)13-15-27-14-12-17-8-4-6-10-19(17)27/h4-12,14,16,22H,13,15H2,1-3H3,(H,25,28). The summed E-state index contributed by atoms with van der Waals surface area (Å²) in [5, 5.41) is 4.41. The minimum Gasteiger partial charge on any atom is -0.347 e. The molecule has 0 spiro atoms. The summed E-state index contributed by atoms with van der Waals surface area (Å²) in [6.07, 6.45) is 2.48. The lowest BCUT2D eigenvalue weighted by Crippen LogP contribution is -2.33. The van der Waals surface area contributed by atoms with E-state index >= 15 is 0 Å². The van der Waals surface area contributed by atoms with Gasteiger partial charge in [-0.15, -0.1) is 0 Å². The third-order valence-corrected chi connectivity index (χ3v) is 5.34. The molecule has 144 valence electrons. The molecular weight excluding hydrogens is 348 g/mol. The van der Waals surface area contributed by atoms with Crippen LogP contribution in [0.3, 0.4) is 0 Å². The van der Waals surface area contributed by atoms with Gasteiger partial charge in [0.15, 0.2) is 0 Å². The van der Waals surface area contributed by atoms with E-state index < -0.39 is 0 Å². The number of nitrogens with zero attached hydrogens (tertiary/aromatic N) is 3. The van der Waals surface area contributed by atoms with E-state index in [4.69, 9.17) is 4.98 Å². The molecule has 0 aliphatic heterocycles. The van der Waals surface area contributed by atoms with E-state index in [1.807, 2.05) is 43.6 Å². The zero-order chi connectivity index (χ0) is 19.7. The second kappa shape index (κ2) is 7.50. The summed E-state index contributed by atoms with van der Waals surface area (Å²) in [7, 11) is 2.01. The number of aromatic nitrogens is 3. The van der Waals surface area contributed by atoms with E-state index in [1.165, 1.54) is 5.39 Å². The number of aryl methyl sites for hydroxylation is 2. The van der Waals surface area contributed by atoms with Gasteiger partial charge < -0.3 is 14.5 Å². The molecule has 2 aromatic heterocycles. The van der Waals surface area contributed by atoms with Crippen molar-refractivity contribution in [3.8, 4) is 0 Å². The van der Waals surface area contributed by atoms with Crippen LogP contribution in [-0.2, 0) is 18.4 Å². The van der Waals surface area contributed by atoms with Gasteiger partial charge in [0.2, 0.25) is 5.91 Å². The molecule has 5 nitrogen and oxygen atoms in total. The first kappa shape index (κ1) is 18.3. The number of para-hydroxylation sites is 3. The van der Waals surface area contributed by atoms with Gasteiger partial charge in [-0.3, -0.25) is 4.79 Å². The van der Waals surface area contributed by atoms with Gasteiger partial charge in [0.1, 0.15) is 5.82 Å². The maximum Gasteiger partial charge on any atom is 0.222 e. The quantitative estimate of drug-likeness (QED) is 0.543. The summed E-state index contributed by atoms with van der Waals surface area (Å²) in [4.78, 5) is 17.5. The third-order valence-electron chi connectivity index (χ3n) is 5.34. The van der Waals surface area contributed by atoms with Crippen molar-refractivity contribution in [3.05, 3.63) is 66.6 Å². The molecule has 1 atom stereocenters. The highest BCUT2D eigenvalue weighted by Gasteiger charge is 2.23. The van der Waals surface area contributed by atoms with Crippen molar-refractivity contribution in [3.63, 3.8) is 0 Å². The summed E-state index contributed by atoms with van der Waals surface area (Å²) < 4.78 is 4.22. The zero-order valence-electron chi connectivity index (χ0n) is 16.6. The molecule has 1 amide bonds. The molecule has 0 radical (unpaired) electrons. The molecule has 4 aromatic rings. The highest BCUT2D eigenvalue weighted by molar-refractivity contribution is 5.81. The Labute approximate surface area is 165 Å². The molecule has 0 aliphatic carbocycles. The van der Waals surface area contributed by atoms with Crippen LogP contribution in [0.1, 0.15) is 32.1 Å². The first-order valence-electron chi connectivity index (χ1n) is 9.79. The highest BCUT2D eigenvalue weighted by atomic mass is 16.1. The van der Waals surface area contributed by atoms with E-state index in [1.54, 1.807) is 0 Å². The lowest BCUT2D eigenvalue weighted by molar-refractivity contribution is -0.122. The van der Waals surface area contributed by atoms with Crippen LogP contribution in [0.4, 0.5) is 0 Å². The second-order valence-electron chi connectivity index (χ2n) is 7.62. The minimum atomic E-state index is -0.119. The zero-order valence-corrected chi connectivity index (χ0v) is 16.6. The van der Waals surface area contributed by atoms with Crippen molar-refractivity contribution in [2.45, 2.75) is 32.9 Å². The number of fused-ring (bicyclic) bond motifs is 2. The molecule has 0 bridgehead atoms. The predicted octanol–water partition coefficient (Wildman–Crippen LogP) is 4.43. The van der Waals surface area contributed by atoms with E-state index in [9.17, 15) is 4.79 Å². The maximum absolute atomic E-state index is 12.7. The Morgan fingerprint density at radius 2 is 1.75 bits per heavy atom. The average molecular weight is 374 g/mol. The number of rotatable bonds is 6. The van der Waals surface area contributed by atoms with Gasteiger partial charge in [-0.05, 0) is 35.6 Å². The van der Waals surface area contributed by atoms with Crippen LogP contribution in [0.5, 0.6) is 0 Å². The van der Waals surface area contributed by atoms with Gasteiger partial charge in [-0.2, -0.15) is 0 Å². The molecule has 4 rings (SSSR count). The van der Waals surface area contributed by atoms with Crippen LogP contribution < -0.4 is 5.32 Å². The van der Waals surface area contributed by atoms with Crippen molar-refractivity contribution in [1.82, 2.24) is 19.4 Å². The van der Waals surface area contributed by atoms with E-state index in [-0.39, 0.29) is 17.9 Å². The smallest absolute Gasteiger partial charge is 0.222 e. The van der Waals surface area contributed by atoms with Gasteiger partial charge in [0.05, 0.1) is 17.1 Å². The van der Waals surface area contributed by atoms with Gasteiger partial charge >= 0.3 is 0 Å². The molecule has 0 saturated carbocycles. The van der Waals surface area contributed by atoms with Crippen molar-refractivity contribution in [1.29, 1.82) is 0 Å². The predicted molar refractivity (Wildman–Crippen MR) is 113 cm³/mol. The number of hydrogen-bond acceptors (Lipinski definition) is 2. The Morgan fingerprint density at radius 1 is 1.04 bits per heavy atom. The fourth-order valence-corrected chi connectivity index (χ4v) is 3.77. The Bertz CT molecular complexity index is 1120. The van der Waals surface area contributed by atoms with Crippen LogP contribution >= 0.6 is 0 Å². The molecule has 0 fully saturated rings. The Morgan fingerprint density at radius 3 is 2.50 bits per heavy atom. The SMILES string of the molecule is CC(C)C(NC(=O)CCn1ccc2ccccc21)c1nc2ccccc2n1C. The first-order chi connectivity index (χ1) is 13.5. The molecule has 0 saturated heterocycles. The van der Waals surface area contributed by atoms with Crippen molar-refractivity contribution in [2.75, 3.05) is 0 Å². The van der Waals surface area contributed by atoms with Crippen LogP contribution in [0.25, 0.3) is 21.9 Å². The van der Waals surface area contributed by atoms with Crippen LogP contribution in [0.15, 0.2) is 60.8 Å². The Kier molecular flexibility index (Phi) is 4.90. The summed E-state index contributed by atoms with van der Waals surface area (Å²) >= 11 is 0. The summed E-state index contributed by atoms with van der Waals surface area (Å²) in [5.74, 6) is 1.19. The number of amides is 1. The number of nitrogens with one attached hydrogen (secondary N) is 1. The number of hydrogen-bond donors (Lipinski definition) is 1. The lowest BCUT2D eigenvalue weighted by atomic mass is 10.0. The van der Waals surface area contributed by atoms with Gasteiger partial charge in [-0.1, -0.05) is 44.2 Å². The van der Waals surface area contributed by atoms with Crippen LogP contribution in [-0.4, -0.2) is 20.0 Å². The molecular formula is C23H26N4O. The summed E-state index contributed by atoms with van der Waals surface area (Å²) in [5.41, 5.74) is 3.20. The van der Waals surface area contributed by atoms with E-state index in [0.717, 1.165) is 22.4 Å². The average Bonchev–Trinajstić information content (AvgIpc) is 3.26. The first-order valence-corrected chi connectivity index (χ1v) is 9.79. The number of benzene rings is 2. The minimum absolute atomic E-state index is 0.0449. The highest BCUT2D eigenvalue weighted by Crippen LogP contribution is 2.25. The monoisotopic (exact) mass is 374 g/mol. The molecule has 1 unspecified atom stereocenters. The summed E-state index contributed by atoms with van der Waals surface area (Å²) in [6.45, 7) is 4.89. The Balaban J connectivity index is 1.50. The largest absolute Gasteiger partial charge is 0.347 e. The van der Waals surface area contributed by atoms with Crippen molar-refractivity contribution in [2.24, 2.45) is 13.0 Å². The number of carbonyl (C=O) groups is 1. The fraction of sp³-hybridized carbons (Fsp3) is 0.304. The number of imidazole rings is 1. The van der Waals surface area contributed by atoms with Crippen molar-refractivity contribution < 1.29 is 4.79 Å². The second-order valence-corrected chi connectivity index (χ2v) is 7.62. The molecule has 5 heteroatoms. The summed E-state index contributed by atoms with van der Waals surface area (Å²) in [6, 6.07) is 18.3. The Hall–Kier alpha value is -3.08. The van der Waals surface area contributed by atoms with E-state index in [0.29, 0.717) is 13.0 Å². The molecule has 28 heavy (non-hydrogen) atoms. The third kappa shape index (κ3) is 3.40. The molecule has 1 N–H and O–H groups in total.